The van der Waals surface area contributed by atoms with Crippen LogP contribution in [0, 0.1) is 11.8 Å². The van der Waals surface area contributed by atoms with Crippen molar-refractivity contribution in [3.05, 3.63) is 66.6 Å². The number of aromatic nitrogens is 3. The van der Waals surface area contributed by atoms with E-state index in [9.17, 15) is 4.79 Å². The van der Waals surface area contributed by atoms with Crippen molar-refractivity contribution in [2.45, 2.75) is 6.92 Å². The van der Waals surface area contributed by atoms with Crippen molar-refractivity contribution in [1.29, 1.82) is 0 Å². The summed E-state index contributed by atoms with van der Waals surface area (Å²) in [5.74, 6) is 2.20. The Morgan fingerprint density at radius 2 is 1.74 bits per heavy atom. The molecule has 2 fully saturated rings. The molecular weight excluding hydrogens is 390 g/mol. The van der Waals surface area contributed by atoms with Crippen LogP contribution in [-0.2, 0) is 0 Å². The largest absolute Gasteiger partial charge is 0.477 e. The number of carbonyl (C=O) groups excluding carboxylic acids is 1. The molecule has 2 aromatic heterocycles. The van der Waals surface area contributed by atoms with Gasteiger partial charge in [-0.3, -0.25) is 9.78 Å². The number of benzene rings is 1. The van der Waals surface area contributed by atoms with Crippen molar-refractivity contribution in [1.82, 2.24) is 19.9 Å². The van der Waals surface area contributed by atoms with E-state index >= 15 is 0 Å². The van der Waals surface area contributed by atoms with Gasteiger partial charge in [0.2, 0.25) is 5.88 Å². The molecule has 3 aromatic rings. The van der Waals surface area contributed by atoms with Crippen molar-refractivity contribution >= 4 is 11.7 Å². The molecule has 1 amide bonds. The lowest BCUT2D eigenvalue weighted by Gasteiger charge is -2.23. The fourth-order valence-corrected chi connectivity index (χ4v) is 4.56. The summed E-state index contributed by atoms with van der Waals surface area (Å²) in [6.45, 7) is 5.65. The lowest BCUT2D eigenvalue weighted by atomic mass is 10.0. The van der Waals surface area contributed by atoms with Crippen LogP contribution in [0.15, 0.2) is 61.1 Å². The number of pyridine rings is 1. The standard InChI is InChI=1S/C24H25N5O2/c1-2-31-23-20(9-6-10-25-23)24(30)29-15-18-13-28(14-19(18)16-29)22-12-26-21(11-27-22)17-7-4-3-5-8-17/h3-12,18-19H,2,13-16H2,1H3. The normalized spacial score (nSPS) is 20.0. The highest BCUT2D eigenvalue weighted by Gasteiger charge is 2.42. The maximum atomic E-state index is 13.1. The minimum absolute atomic E-state index is 0.00417. The average Bonchev–Trinajstić information content (AvgIpc) is 3.40. The molecule has 158 valence electrons. The smallest absolute Gasteiger partial charge is 0.259 e. The number of amides is 1. The van der Waals surface area contributed by atoms with Gasteiger partial charge < -0.3 is 14.5 Å². The van der Waals surface area contributed by atoms with Gasteiger partial charge in [-0.1, -0.05) is 30.3 Å². The van der Waals surface area contributed by atoms with Gasteiger partial charge in [0, 0.05) is 49.8 Å². The van der Waals surface area contributed by atoms with Crippen LogP contribution in [-0.4, -0.2) is 58.5 Å². The van der Waals surface area contributed by atoms with Crippen molar-refractivity contribution in [3.63, 3.8) is 0 Å². The fraction of sp³-hybridized carbons (Fsp3) is 0.333. The van der Waals surface area contributed by atoms with Gasteiger partial charge in [-0.2, -0.15) is 0 Å². The van der Waals surface area contributed by atoms with Crippen LogP contribution in [0.25, 0.3) is 11.3 Å². The molecule has 4 heterocycles. The highest BCUT2D eigenvalue weighted by molar-refractivity contribution is 5.96. The summed E-state index contributed by atoms with van der Waals surface area (Å²) in [5, 5.41) is 0. The Kier molecular flexibility index (Phi) is 5.24. The molecule has 0 saturated carbocycles. The number of hydrogen-bond donors (Lipinski definition) is 0. The second-order valence-corrected chi connectivity index (χ2v) is 8.05. The highest BCUT2D eigenvalue weighted by Crippen LogP contribution is 2.34. The van der Waals surface area contributed by atoms with E-state index in [1.807, 2.05) is 54.5 Å². The summed E-state index contributed by atoms with van der Waals surface area (Å²) in [5.41, 5.74) is 2.49. The van der Waals surface area contributed by atoms with Gasteiger partial charge in [0.15, 0.2) is 0 Å². The summed E-state index contributed by atoms with van der Waals surface area (Å²) in [4.78, 5) is 30.8. The Bertz CT molecular complexity index is 1040. The highest BCUT2D eigenvalue weighted by atomic mass is 16.5. The van der Waals surface area contributed by atoms with E-state index in [2.05, 4.69) is 19.9 Å². The lowest BCUT2D eigenvalue weighted by Crippen LogP contribution is -2.33. The molecule has 1 aromatic carbocycles. The van der Waals surface area contributed by atoms with Crippen LogP contribution in [0.4, 0.5) is 5.82 Å². The number of anilines is 1. The minimum Gasteiger partial charge on any atom is -0.477 e. The van der Waals surface area contributed by atoms with Gasteiger partial charge >= 0.3 is 0 Å². The van der Waals surface area contributed by atoms with Gasteiger partial charge in [-0.25, -0.2) is 9.97 Å². The van der Waals surface area contributed by atoms with Crippen molar-refractivity contribution < 1.29 is 9.53 Å². The van der Waals surface area contributed by atoms with Crippen LogP contribution in [0.1, 0.15) is 17.3 Å². The van der Waals surface area contributed by atoms with Crippen LogP contribution >= 0.6 is 0 Å². The predicted octanol–water partition coefficient (Wildman–Crippen LogP) is 3.15. The summed E-state index contributed by atoms with van der Waals surface area (Å²) in [6.07, 6.45) is 5.35. The maximum absolute atomic E-state index is 13.1. The van der Waals surface area contributed by atoms with Crippen molar-refractivity contribution in [2.24, 2.45) is 11.8 Å². The van der Waals surface area contributed by atoms with Gasteiger partial charge in [0.05, 0.1) is 24.7 Å². The summed E-state index contributed by atoms with van der Waals surface area (Å²) >= 11 is 0. The molecule has 0 spiro atoms. The first-order valence-electron chi connectivity index (χ1n) is 10.7. The zero-order valence-electron chi connectivity index (χ0n) is 17.5. The number of likely N-dealkylation sites (tertiary alicyclic amines) is 1. The van der Waals surface area contributed by atoms with E-state index in [-0.39, 0.29) is 5.91 Å². The summed E-state index contributed by atoms with van der Waals surface area (Å²) in [6, 6.07) is 13.7. The number of ether oxygens (including phenoxy) is 1. The molecule has 2 aliphatic rings. The molecule has 0 aliphatic carbocycles. The van der Waals surface area contributed by atoms with Crippen molar-refractivity contribution in [2.75, 3.05) is 37.7 Å². The average molecular weight is 415 g/mol. The SMILES string of the molecule is CCOc1ncccc1C(=O)N1CC2CN(c3cnc(-c4ccccc4)cn3)CC2C1. The molecule has 0 bridgehead atoms. The van der Waals surface area contributed by atoms with Crippen LogP contribution < -0.4 is 9.64 Å². The van der Waals surface area contributed by atoms with E-state index in [1.54, 1.807) is 18.3 Å². The molecule has 5 rings (SSSR count). The topological polar surface area (TPSA) is 71.5 Å². The Labute approximate surface area is 181 Å². The molecule has 7 nitrogen and oxygen atoms in total. The molecule has 2 unspecified atom stereocenters. The molecule has 7 heteroatoms. The van der Waals surface area contributed by atoms with E-state index in [4.69, 9.17) is 4.74 Å². The van der Waals surface area contributed by atoms with Gasteiger partial charge in [-0.05, 0) is 19.1 Å². The Morgan fingerprint density at radius 1 is 0.968 bits per heavy atom. The Balaban J connectivity index is 1.24. The lowest BCUT2D eigenvalue weighted by molar-refractivity contribution is 0.0777. The van der Waals surface area contributed by atoms with E-state index in [1.165, 1.54) is 0 Å². The number of rotatable bonds is 5. The number of fused-ring (bicyclic) bond motifs is 1. The molecule has 0 N–H and O–H groups in total. The first kappa shape index (κ1) is 19.5. The van der Waals surface area contributed by atoms with Crippen molar-refractivity contribution in [3.8, 4) is 17.1 Å². The summed E-state index contributed by atoms with van der Waals surface area (Å²) < 4.78 is 5.55. The van der Waals surface area contributed by atoms with E-state index in [0.717, 1.165) is 43.3 Å². The van der Waals surface area contributed by atoms with Crippen LogP contribution in [0.3, 0.4) is 0 Å². The Hall–Kier alpha value is -3.48. The molecule has 2 aliphatic heterocycles. The monoisotopic (exact) mass is 415 g/mol. The zero-order chi connectivity index (χ0) is 21.2. The molecule has 31 heavy (non-hydrogen) atoms. The van der Waals surface area contributed by atoms with Crippen LogP contribution in [0.2, 0.25) is 0 Å². The van der Waals surface area contributed by atoms with E-state index < -0.39 is 0 Å². The number of nitrogens with zero attached hydrogens (tertiary/aromatic N) is 5. The minimum atomic E-state index is 0.00417. The quantitative estimate of drug-likeness (QED) is 0.638. The first-order chi connectivity index (χ1) is 15.2. The third-order valence-corrected chi connectivity index (χ3v) is 6.09. The predicted molar refractivity (Wildman–Crippen MR) is 118 cm³/mol. The summed E-state index contributed by atoms with van der Waals surface area (Å²) in [7, 11) is 0. The number of hydrogen-bond acceptors (Lipinski definition) is 6. The molecule has 0 radical (unpaired) electrons. The first-order valence-corrected chi connectivity index (χ1v) is 10.7. The van der Waals surface area contributed by atoms with Crippen LogP contribution in [0.5, 0.6) is 5.88 Å². The third kappa shape index (κ3) is 3.83. The van der Waals surface area contributed by atoms with Gasteiger partial charge in [0.25, 0.3) is 5.91 Å². The maximum Gasteiger partial charge on any atom is 0.259 e. The zero-order valence-corrected chi connectivity index (χ0v) is 17.5. The fourth-order valence-electron chi connectivity index (χ4n) is 4.56. The molecule has 2 atom stereocenters. The third-order valence-electron chi connectivity index (χ3n) is 6.09. The number of carbonyl (C=O) groups is 1. The van der Waals surface area contributed by atoms with Gasteiger partial charge in [-0.15, -0.1) is 0 Å². The van der Waals surface area contributed by atoms with E-state index in [0.29, 0.717) is 29.9 Å². The Morgan fingerprint density at radius 3 is 2.42 bits per heavy atom. The molecule has 2 saturated heterocycles. The van der Waals surface area contributed by atoms with Gasteiger partial charge in [0.1, 0.15) is 11.4 Å². The second kappa shape index (κ2) is 8.34. The molecular formula is C24H25N5O2. The second-order valence-electron chi connectivity index (χ2n) is 8.05.